The summed E-state index contributed by atoms with van der Waals surface area (Å²) in [6, 6.07) is 1.15. The van der Waals surface area contributed by atoms with Crippen LogP contribution < -0.4 is 10.6 Å². The van der Waals surface area contributed by atoms with Gasteiger partial charge < -0.3 is 25.4 Å². The van der Waals surface area contributed by atoms with Crippen LogP contribution in [-0.4, -0.2) is 62.5 Å². The lowest BCUT2D eigenvalue weighted by Crippen LogP contribution is -2.54. The number of hydrogen-bond acceptors (Lipinski definition) is 4. The van der Waals surface area contributed by atoms with Crippen LogP contribution in [0.5, 0.6) is 0 Å². The first-order chi connectivity index (χ1) is 17.8. The molecular weight excluding hydrogens is 483 g/mol. The molecule has 3 N–H and O–H groups in total. The highest BCUT2D eigenvalue weighted by molar-refractivity contribution is 5.74. The van der Waals surface area contributed by atoms with Crippen LogP contribution in [0.2, 0.25) is 0 Å². The van der Waals surface area contributed by atoms with Gasteiger partial charge in [0.25, 0.3) is 0 Å². The standard InChI is InChI=1S/C28H44F3N3O3/c1-32-18-23(15-20-9-4-3-5-10-20)33-27(35)34-13-8-11-21(19-34)28(36,12-6-7-14-37-2)24-16-22(29)17-25(30)26(24)31/h16-17,20-21,23,32,36H,3-15,18-19H2,1-2H3,(H,33,35)/t21?,23-,28-/m0/s1. The first-order valence-corrected chi connectivity index (χ1v) is 13.8. The summed E-state index contributed by atoms with van der Waals surface area (Å²) < 4.78 is 48.3. The number of likely N-dealkylation sites (N-methyl/N-ethyl adjacent to an activating group) is 1. The zero-order chi connectivity index (χ0) is 26.8. The van der Waals surface area contributed by atoms with Crippen LogP contribution in [0.25, 0.3) is 0 Å². The van der Waals surface area contributed by atoms with Gasteiger partial charge in [0.05, 0.1) is 5.60 Å². The Hall–Kier alpha value is -1.84. The van der Waals surface area contributed by atoms with Crippen LogP contribution in [0.1, 0.15) is 76.2 Å². The Labute approximate surface area is 219 Å². The Morgan fingerprint density at radius 1 is 1.16 bits per heavy atom. The number of halogens is 3. The molecule has 0 radical (unpaired) electrons. The number of unbranched alkanes of at least 4 members (excludes halogenated alkanes) is 1. The molecule has 0 aromatic heterocycles. The normalized spacial score (nSPS) is 21.5. The largest absolute Gasteiger partial charge is 0.385 e. The van der Waals surface area contributed by atoms with Crippen molar-refractivity contribution in [2.24, 2.45) is 11.8 Å². The molecule has 0 spiro atoms. The van der Waals surface area contributed by atoms with E-state index in [1.807, 2.05) is 7.05 Å². The third-order valence-corrected chi connectivity index (χ3v) is 8.12. The molecule has 3 rings (SSSR count). The van der Waals surface area contributed by atoms with Gasteiger partial charge in [-0.3, -0.25) is 0 Å². The van der Waals surface area contributed by atoms with E-state index in [0.29, 0.717) is 57.4 Å². The molecule has 1 aliphatic heterocycles. The number of nitrogens with one attached hydrogen (secondary N) is 2. The fraction of sp³-hybridized carbons (Fsp3) is 0.750. The Morgan fingerprint density at radius 3 is 2.62 bits per heavy atom. The summed E-state index contributed by atoms with van der Waals surface area (Å²) >= 11 is 0. The third-order valence-electron chi connectivity index (χ3n) is 8.12. The minimum atomic E-state index is -1.81. The van der Waals surface area contributed by atoms with Crippen LogP contribution in [-0.2, 0) is 10.3 Å². The van der Waals surface area contributed by atoms with Crippen molar-refractivity contribution in [2.45, 2.75) is 82.3 Å². The number of hydrogen-bond donors (Lipinski definition) is 3. The molecule has 2 aliphatic rings. The van der Waals surface area contributed by atoms with Gasteiger partial charge in [-0.05, 0) is 57.6 Å². The molecule has 2 amide bonds. The molecule has 0 bridgehead atoms. The van der Waals surface area contributed by atoms with Crippen molar-refractivity contribution >= 4 is 6.03 Å². The molecular formula is C28H44F3N3O3. The molecule has 210 valence electrons. The summed E-state index contributed by atoms with van der Waals surface area (Å²) in [7, 11) is 3.44. The van der Waals surface area contributed by atoms with E-state index >= 15 is 0 Å². The average molecular weight is 528 g/mol. The number of piperidine rings is 1. The smallest absolute Gasteiger partial charge is 0.317 e. The van der Waals surface area contributed by atoms with Crippen molar-refractivity contribution in [3.8, 4) is 0 Å². The van der Waals surface area contributed by atoms with Crippen molar-refractivity contribution < 1.29 is 27.8 Å². The van der Waals surface area contributed by atoms with E-state index < -0.39 is 29.0 Å². The molecule has 37 heavy (non-hydrogen) atoms. The van der Waals surface area contributed by atoms with E-state index in [1.54, 1.807) is 12.0 Å². The van der Waals surface area contributed by atoms with Crippen molar-refractivity contribution in [1.29, 1.82) is 0 Å². The van der Waals surface area contributed by atoms with Crippen LogP contribution in [0.4, 0.5) is 18.0 Å². The summed E-state index contributed by atoms with van der Waals surface area (Å²) in [5, 5.41) is 18.2. The van der Waals surface area contributed by atoms with Gasteiger partial charge in [-0.15, -0.1) is 0 Å². The number of benzene rings is 1. The molecule has 1 aliphatic carbocycles. The number of nitrogens with zero attached hydrogens (tertiary/aromatic N) is 1. The van der Waals surface area contributed by atoms with E-state index in [1.165, 1.54) is 32.1 Å². The monoisotopic (exact) mass is 527 g/mol. The number of likely N-dealkylation sites (tertiary alicyclic amines) is 1. The fourth-order valence-corrected chi connectivity index (χ4v) is 6.15. The van der Waals surface area contributed by atoms with Gasteiger partial charge in [-0.1, -0.05) is 32.1 Å². The zero-order valence-corrected chi connectivity index (χ0v) is 22.3. The number of rotatable bonds is 12. The lowest BCUT2D eigenvalue weighted by molar-refractivity contribution is -0.0594. The highest BCUT2D eigenvalue weighted by Crippen LogP contribution is 2.41. The Morgan fingerprint density at radius 2 is 1.92 bits per heavy atom. The zero-order valence-electron chi connectivity index (χ0n) is 22.3. The molecule has 1 unspecified atom stereocenters. The number of urea groups is 1. The number of methoxy groups -OCH3 is 1. The van der Waals surface area contributed by atoms with Gasteiger partial charge in [0, 0.05) is 56.9 Å². The lowest BCUT2D eigenvalue weighted by atomic mass is 9.74. The summed E-state index contributed by atoms with van der Waals surface area (Å²) in [4.78, 5) is 15.0. The van der Waals surface area contributed by atoms with E-state index in [2.05, 4.69) is 10.6 Å². The molecule has 9 heteroatoms. The molecule has 6 nitrogen and oxygen atoms in total. The second-order valence-corrected chi connectivity index (χ2v) is 10.9. The molecule has 1 saturated carbocycles. The van der Waals surface area contributed by atoms with Crippen molar-refractivity contribution in [3.63, 3.8) is 0 Å². The molecule has 1 aromatic carbocycles. The maximum Gasteiger partial charge on any atom is 0.317 e. The summed E-state index contributed by atoms with van der Waals surface area (Å²) in [5.41, 5.74) is -2.19. The SMILES string of the molecule is CNC[C@H](CC1CCCCC1)NC(=O)N1CCCC([C@@](O)(CCCCOC)c2cc(F)cc(F)c2F)C1. The number of ether oxygens (including phenoxy) is 1. The van der Waals surface area contributed by atoms with Crippen LogP contribution in [0.3, 0.4) is 0 Å². The minimum Gasteiger partial charge on any atom is -0.385 e. The summed E-state index contributed by atoms with van der Waals surface area (Å²) in [5.74, 6) is -3.46. The van der Waals surface area contributed by atoms with Crippen LogP contribution >= 0.6 is 0 Å². The van der Waals surface area contributed by atoms with Crippen molar-refractivity contribution in [1.82, 2.24) is 15.5 Å². The lowest BCUT2D eigenvalue weighted by Gasteiger charge is -2.43. The third kappa shape index (κ3) is 8.07. The minimum absolute atomic E-state index is 0.0105. The van der Waals surface area contributed by atoms with Gasteiger partial charge >= 0.3 is 6.03 Å². The van der Waals surface area contributed by atoms with Gasteiger partial charge in [0.15, 0.2) is 11.6 Å². The second kappa shape index (κ2) is 14.4. The van der Waals surface area contributed by atoms with Gasteiger partial charge in [-0.2, -0.15) is 0 Å². The predicted octanol–water partition coefficient (Wildman–Crippen LogP) is 5.09. The maximum absolute atomic E-state index is 14.9. The quantitative estimate of drug-likeness (QED) is 0.262. The van der Waals surface area contributed by atoms with E-state index in [-0.39, 0.29) is 30.6 Å². The average Bonchev–Trinajstić information content (AvgIpc) is 2.89. The first-order valence-electron chi connectivity index (χ1n) is 13.8. The highest BCUT2D eigenvalue weighted by Gasteiger charge is 2.43. The summed E-state index contributed by atoms with van der Waals surface area (Å²) in [6.07, 6.45) is 9.37. The fourth-order valence-electron chi connectivity index (χ4n) is 6.15. The first kappa shape index (κ1) is 29.7. The number of aliphatic hydroxyl groups is 1. The van der Waals surface area contributed by atoms with Crippen LogP contribution in [0.15, 0.2) is 12.1 Å². The predicted molar refractivity (Wildman–Crippen MR) is 138 cm³/mol. The van der Waals surface area contributed by atoms with E-state index in [9.17, 15) is 23.1 Å². The van der Waals surface area contributed by atoms with Gasteiger partial charge in [0.1, 0.15) is 5.82 Å². The van der Waals surface area contributed by atoms with E-state index in [0.717, 1.165) is 12.5 Å². The highest BCUT2D eigenvalue weighted by atomic mass is 19.2. The molecule has 1 heterocycles. The Balaban J connectivity index is 1.75. The molecule has 2 fully saturated rings. The second-order valence-electron chi connectivity index (χ2n) is 10.9. The number of carbonyl (C=O) groups excluding carboxylic acids is 1. The topological polar surface area (TPSA) is 73.8 Å². The van der Waals surface area contributed by atoms with Gasteiger partial charge in [-0.25, -0.2) is 18.0 Å². The van der Waals surface area contributed by atoms with E-state index in [4.69, 9.17) is 4.74 Å². The molecule has 1 aromatic rings. The summed E-state index contributed by atoms with van der Waals surface area (Å²) in [6.45, 7) is 1.82. The Kier molecular flexibility index (Phi) is 11.5. The molecule has 1 saturated heterocycles. The van der Waals surface area contributed by atoms with Crippen molar-refractivity contribution in [2.75, 3.05) is 40.4 Å². The van der Waals surface area contributed by atoms with Crippen LogP contribution in [0, 0.1) is 29.3 Å². The number of carbonyl (C=O) groups is 1. The molecule has 3 atom stereocenters. The maximum atomic E-state index is 14.9. The van der Waals surface area contributed by atoms with Gasteiger partial charge in [0.2, 0.25) is 0 Å². The number of amides is 2. The van der Waals surface area contributed by atoms with Crippen molar-refractivity contribution in [3.05, 3.63) is 35.1 Å². The Bertz CT molecular complexity index is 869.